The molecule has 3 N–H and O–H groups in total. The normalized spacial score (nSPS) is 12.2. The molecule has 4 aromatic carbocycles. The number of nitrogens with two attached hydrogens (primary N) is 1. The maximum atomic E-state index is 13.7. The van der Waals surface area contributed by atoms with Gasteiger partial charge in [-0.05, 0) is 49.6 Å². The predicted octanol–water partition coefficient (Wildman–Crippen LogP) is 7.28. The highest BCUT2D eigenvalue weighted by Crippen LogP contribution is 2.34. The number of benzene rings is 4. The average molecular weight is 607 g/mol. The number of para-hydroxylation sites is 1. The predicted molar refractivity (Wildman–Crippen MR) is 163 cm³/mol. The van der Waals surface area contributed by atoms with Gasteiger partial charge in [0.15, 0.2) is 0 Å². The first kappa shape index (κ1) is 32.6. The largest absolute Gasteiger partial charge is 0.489 e. The third-order valence-corrected chi connectivity index (χ3v) is 7.18. The molecule has 0 fully saturated rings. The molecule has 0 spiro atoms. The maximum Gasteiger partial charge on any atom is 0.416 e. The Morgan fingerprint density at radius 1 is 0.795 bits per heavy atom. The Morgan fingerprint density at radius 3 is 1.93 bits per heavy atom. The Balaban J connectivity index is 1.60. The van der Waals surface area contributed by atoms with E-state index < -0.39 is 23.8 Å². The van der Waals surface area contributed by atoms with Crippen LogP contribution in [0.3, 0.4) is 0 Å². The van der Waals surface area contributed by atoms with Gasteiger partial charge in [-0.3, -0.25) is 9.69 Å². The summed E-state index contributed by atoms with van der Waals surface area (Å²) in [5.41, 5.74) is 10.4. The fourth-order valence-electron chi connectivity index (χ4n) is 4.84. The van der Waals surface area contributed by atoms with Crippen LogP contribution < -0.4 is 15.2 Å². The van der Waals surface area contributed by atoms with Crippen molar-refractivity contribution in [1.82, 2.24) is 4.90 Å². The van der Waals surface area contributed by atoms with E-state index in [1.54, 1.807) is 0 Å². The summed E-state index contributed by atoms with van der Waals surface area (Å²) in [6.45, 7) is 5.21. The molecule has 0 aromatic heterocycles. The van der Waals surface area contributed by atoms with Crippen molar-refractivity contribution in [3.63, 3.8) is 0 Å². The Labute approximate surface area is 255 Å². The zero-order valence-electron chi connectivity index (χ0n) is 24.8. The SMILES string of the molecule is Cc1cccc(COc2ccccc2CN(CC[C@H](N)C(=O)O)Cc2ccc(C(F)(F)F)cc2OCc2cccc(C)c2)c1. The van der Waals surface area contributed by atoms with Crippen molar-refractivity contribution in [1.29, 1.82) is 0 Å². The zero-order chi connectivity index (χ0) is 31.7. The first-order valence-electron chi connectivity index (χ1n) is 14.3. The number of hydrogen-bond donors (Lipinski definition) is 2. The lowest BCUT2D eigenvalue weighted by Gasteiger charge is -2.26. The highest BCUT2D eigenvalue weighted by molar-refractivity contribution is 5.73. The van der Waals surface area contributed by atoms with Gasteiger partial charge in [0, 0.05) is 30.8 Å². The van der Waals surface area contributed by atoms with Crippen LogP contribution in [0.5, 0.6) is 11.5 Å². The molecule has 9 heteroatoms. The number of carbonyl (C=O) groups is 1. The van der Waals surface area contributed by atoms with Crippen molar-refractivity contribution in [3.8, 4) is 11.5 Å². The van der Waals surface area contributed by atoms with E-state index in [1.807, 2.05) is 91.5 Å². The number of nitrogens with zero attached hydrogens (tertiary/aromatic N) is 1. The van der Waals surface area contributed by atoms with Crippen molar-refractivity contribution < 1.29 is 32.5 Å². The third kappa shape index (κ3) is 9.59. The van der Waals surface area contributed by atoms with E-state index >= 15 is 0 Å². The topological polar surface area (TPSA) is 85.0 Å². The molecule has 0 heterocycles. The van der Waals surface area contributed by atoms with Gasteiger partial charge >= 0.3 is 12.1 Å². The second kappa shape index (κ2) is 14.9. The van der Waals surface area contributed by atoms with Crippen molar-refractivity contribution in [3.05, 3.63) is 130 Å². The van der Waals surface area contributed by atoms with Crippen LogP contribution in [0.15, 0.2) is 91.0 Å². The van der Waals surface area contributed by atoms with Crippen molar-refractivity contribution in [2.75, 3.05) is 6.54 Å². The summed E-state index contributed by atoms with van der Waals surface area (Å²) < 4.78 is 53.1. The van der Waals surface area contributed by atoms with E-state index in [0.29, 0.717) is 24.5 Å². The Kier molecular flexibility index (Phi) is 11.0. The average Bonchev–Trinajstić information content (AvgIpc) is 2.98. The van der Waals surface area contributed by atoms with Gasteiger partial charge in [-0.2, -0.15) is 13.2 Å². The van der Waals surface area contributed by atoms with Gasteiger partial charge in [0.2, 0.25) is 0 Å². The number of aryl methyl sites for hydroxylation is 2. The highest BCUT2D eigenvalue weighted by atomic mass is 19.4. The summed E-state index contributed by atoms with van der Waals surface area (Å²) in [7, 11) is 0. The van der Waals surface area contributed by atoms with Crippen LogP contribution >= 0.6 is 0 Å². The summed E-state index contributed by atoms with van der Waals surface area (Å²) in [4.78, 5) is 13.4. The second-order valence-corrected chi connectivity index (χ2v) is 10.9. The first-order chi connectivity index (χ1) is 21.0. The van der Waals surface area contributed by atoms with Crippen LogP contribution in [0, 0.1) is 13.8 Å². The van der Waals surface area contributed by atoms with Gasteiger partial charge in [0.1, 0.15) is 30.8 Å². The van der Waals surface area contributed by atoms with Gasteiger partial charge in [0.05, 0.1) is 5.56 Å². The number of rotatable bonds is 14. The number of carboxylic acid groups (broad SMARTS) is 1. The minimum Gasteiger partial charge on any atom is -0.489 e. The molecular weight excluding hydrogens is 569 g/mol. The van der Waals surface area contributed by atoms with E-state index in [1.165, 1.54) is 6.07 Å². The fourth-order valence-corrected chi connectivity index (χ4v) is 4.84. The minimum atomic E-state index is -4.54. The molecule has 0 aliphatic heterocycles. The monoisotopic (exact) mass is 606 g/mol. The molecule has 0 amide bonds. The van der Waals surface area contributed by atoms with Crippen LogP contribution in [0.2, 0.25) is 0 Å². The van der Waals surface area contributed by atoms with Crippen LogP contribution in [0.4, 0.5) is 13.2 Å². The summed E-state index contributed by atoms with van der Waals surface area (Å²) in [5, 5.41) is 9.37. The highest BCUT2D eigenvalue weighted by Gasteiger charge is 2.31. The fraction of sp³-hybridized carbons (Fsp3) is 0.286. The van der Waals surface area contributed by atoms with Gasteiger partial charge < -0.3 is 20.3 Å². The van der Waals surface area contributed by atoms with Gasteiger partial charge in [-0.15, -0.1) is 0 Å². The van der Waals surface area contributed by atoms with Gasteiger partial charge in [-0.1, -0.05) is 83.9 Å². The zero-order valence-corrected chi connectivity index (χ0v) is 24.8. The molecular formula is C35H37F3N2O4. The Morgan fingerprint density at radius 2 is 1.36 bits per heavy atom. The summed E-state index contributed by atoms with van der Waals surface area (Å²) >= 11 is 0. The molecule has 0 bridgehead atoms. The molecule has 0 unspecified atom stereocenters. The standard InChI is InChI=1S/C35H37F3N2O4/c1-24-7-5-9-26(17-24)22-43-32-12-4-3-11-28(32)20-40(16-15-31(39)34(41)42)21-29-13-14-30(35(36,37)38)19-33(29)44-23-27-10-6-8-25(2)18-27/h3-14,17-19,31H,15-16,20-23,39H2,1-2H3,(H,41,42)/t31-/m0/s1. The molecule has 232 valence electrons. The summed E-state index contributed by atoms with van der Waals surface area (Å²) in [6.07, 6.45) is -4.40. The van der Waals surface area contributed by atoms with Crippen molar-refractivity contribution in [2.45, 2.75) is 58.8 Å². The van der Waals surface area contributed by atoms with Crippen molar-refractivity contribution in [2.24, 2.45) is 5.73 Å². The molecule has 0 saturated carbocycles. The minimum absolute atomic E-state index is 0.0928. The third-order valence-electron chi connectivity index (χ3n) is 7.18. The molecule has 0 aliphatic carbocycles. The van der Waals surface area contributed by atoms with Crippen LogP contribution in [-0.2, 0) is 37.3 Å². The molecule has 0 radical (unpaired) electrons. The lowest BCUT2D eigenvalue weighted by atomic mass is 10.1. The van der Waals surface area contributed by atoms with Crippen LogP contribution in [-0.4, -0.2) is 28.6 Å². The molecule has 44 heavy (non-hydrogen) atoms. The molecule has 0 saturated heterocycles. The van der Waals surface area contributed by atoms with E-state index in [0.717, 1.165) is 39.9 Å². The van der Waals surface area contributed by atoms with E-state index in [-0.39, 0.29) is 31.9 Å². The number of ether oxygens (including phenoxy) is 2. The quantitative estimate of drug-likeness (QED) is 0.157. The Hall–Kier alpha value is -4.34. The lowest BCUT2D eigenvalue weighted by Crippen LogP contribution is -2.35. The molecule has 6 nitrogen and oxygen atoms in total. The number of alkyl halides is 3. The van der Waals surface area contributed by atoms with Crippen molar-refractivity contribution >= 4 is 5.97 Å². The first-order valence-corrected chi connectivity index (χ1v) is 14.3. The maximum absolute atomic E-state index is 13.7. The molecule has 1 atom stereocenters. The van der Waals surface area contributed by atoms with E-state index in [9.17, 15) is 23.1 Å². The molecule has 4 rings (SSSR count). The van der Waals surface area contributed by atoms with E-state index in [4.69, 9.17) is 15.2 Å². The van der Waals surface area contributed by atoms with Gasteiger partial charge in [0.25, 0.3) is 0 Å². The van der Waals surface area contributed by atoms with Crippen LogP contribution in [0.1, 0.15) is 45.4 Å². The number of carboxylic acids is 1. The summed E-state index contributed by atoms with van der Waals surface area (Å²) in [5.74, 6) is -0.355. The summed E-state index contributed by atoms with van der Waals surface area (Å²) in [6, 6.07) is 25.5. The van der Waals surface area contributed by atoms with Gasteiger partial charge in [-0.25, -0.2) is 0 Å². The van der Waals surface area contributed by atoms with E-state index in [2.05, 4.69) is 0 Å². The van der Waals surface area contributed by atoms with Crippen LogP contribution in [0.25, 0.3) is 0 Å². The Bertz CT molecular complexity index is 1560. The lowest BCUT2D eigenvalue weighted by molar-refractivity contribution is -0.139. The number of hydrogen-bond acceptors (Lipinski definition) is 5. The molecule has 4 aromatic rings. The smallest absolute Gasteiger partial charge is 0.416 e. The number of halogens is 3. The molecule has 0 aliphatic rings. The second-order valence-electron chi connectivity index (χ2n) is 10.9. The number of aliphatic carboxylic acids is 1.